The fraction of sp³-hybridized carbons (Fsp3) is 0.529. The molecule has 1 aromatic carbocycles. The molecule has 0 bridgehead atoms. The highest BCUT2D eigenvalue weighted by atomic mass is 35.5. The van der Waals surface area contributed by atoms with Crippen molar-refractivity contribution < 1.29 is 8.91 Å². The molecule has 2 aromatic rings. The van der Waals surface area contributed by atoms with Crippen molar-refractivity contribution in [3.05, 3.63) is 47.4 Å². The Morgan fingerprint density at radius 3 is 2.52 bits per heavy atom. The highest BCUT2D eigenvalue weighted by Gasteiger charge is 2.42. The molecule has 1 saturated carbocycles. The van der Waals surface area contributed by atoms with E-state index >= 15 is 0 Å². The average molecular weight is 340 g/mol. The predicted molar refractivity (Wildman–Crippen MR) is 89.4 cm³/mol. The number of hydrogen-bond donors (Lipinski definition) is 1. The monoisotopic (exact) mass is 339 g/mol. The van der Waals surface area contributed by atoms with Crippen molar-refractivity contribution >= 4 is 12.4 Å². The molecular weight excluding hydrogens is 317 g/mol. The van der Waals surface area contributed by atoms with E-state index in [0.717, 1.165) is 43.5 Å². The predicted octanol–water partition coefficient (Wildman–Crippen LogP) is 3.64. The molecule has 3 rings (SSSR count). The quantitative estimate of drug-likeness (QED) is 0.903. The Hall–Kier alpha value is -1.46. The van der Waals surface area contributed by atoms with Crippen LogP contribution in [-0.2, 0) is 11.8 Å². The summed E-state index contributed by atoms with van der Waals surface area (Å²) >= 11 is 0. The summed E-state index contributed by atoms with van der Waals surface area (Å²) in [6, 6.07) is 7.02. The first kappa shape index (κ1) is 17.9. The maximum atomic E-state index is 13.2. The van der Waals surface area contributed by atoms with Crippen molar-refractivity contribution in [1.82, 2.24) is 15.5 Å². The Morgan fingerprint density at radius 2 is 1.91 bits per heavy atom. The standard InChI is InChI=1S/C17H22FN3O.ClH/c1-12(19-2)11-15-20-16(22-21-15)17(9-3-4-10-17)13-5-7-14(18)8-6-13;/h5-8,12,19H,3-4,9-11H2,1-2H3;1H. The van der Waals surface area contributed by atoms with Crippen LogP contribution in [0.25, 0.3) is 0 Å². The topological polar surface area (TPSA) is 51.0 Å². The molecule has 126 valence electrons. The van der Waals surface area contributed by atoms with E-state index in [4.69, 9.17) is 4.52 Å². The van der Waals surface area contributed by atoms with Crippen LogP contribution in [0.15, 0.2) is 28.8 Å². The van der Waals surface area contributed by atoms with E-state index in [0.29, 0.717) is 11.9 Å². The van der Waals surface area contributed by atoms with Crippen LogP contribution < -0.4 is 5.32 Å². The molecular formula is C17H23ClFN3O. The summed E-state index contributed by atoms with van der Waals surface area (Å²) < 4.78 is 18.8. The zero-order valence-corrected chi connectivity index (χ0v) is 14.3. The van der Waals surface area contributed by atoms with E-state index in [1.54, 1.807) is 0 Å². The van der Waals surface area contributed by atoms with Crippen LogP contribution in [0.3, 0.4) is 0 Å². The summed E-state index contributed by atoms with van der Waals surface area (Å²) in [6.45, 7) is 2.08. The van der Waals surface area contributed by atoms with Crippen molar-refractivity contribution in [2.24, 2.45) is 0 Å². The van der Waals surface area contributed by atoms with Gasteiger partial charge in [0.15, 0.2) is 5.82 Å². The fourth-order valence-corrected chi connectivity index (χ4v) is 3.28. The Kier molecular flexibility index (Phi) is 5.76. The van der Waals surface area contributed by atoms with E-state index in [2.05, 4.69) is 22.4 Å². The molecule has 1 heterocycles. The van der Waals surface area contributed by atoms with Crippen molar-refractivity contribution in [1.29, 1.82) is 0 Å². The minimum atomic E-state index is -0.248. The van der Waals surface area contributed by atoms with Gasteiger partial charge in [0.1, 0.15) is 5.82 Å². The molecule has 1 unspecified atom stereocenters. The average Bonchev–Trinajstić information content (AvgIpc) is 3.17. The van der Waals surface area contributed by atoms with Crippen molar-refractivity contribution in [2.75, 3.05) is 7.05 Å². The van der Waals surface area contributed by atoms with Gasteiger partial charge in [0.2, 0.25) is 5.89 Å². The van der Waals surface area contributed by atoms with Crippen LogP contribution in [0, 0.1) is 5.82 Å². The highest BCUT2D eigenvalue weighted by molar-refractivity contribution is 5.85. The Morgan fingerprint density at radius 1 is 1.26 bits per heavy atom. The van der Waals surface area contributed by atoms with Gasteiger partial charge in [-0.1, -0.05) is 30.1 Å². The van der Waals surface area contributed by atoms with Crippen molar-refractivity contribution in [3.8, 4) is 0 Å². The molecule has 1 aliphatic carbocycles. The number of aromatic nitrogens is 2. The summed E-state index contributed by atoms with van der Waals surface area (Å²) in [5, 5.41) is 7.31. The lowest BCUT2D eigenvalue weighted by atomic mass is 9.78. The first-order chi connectivity index (χ1) is 10.6. The van der Waals surface area contributed by atoms with Gasteiger partial charge in [-0.2, -0.15) is 4.98 Å². The molecule has 0 amide bonds. The van der Waals surface area contributed by atoms with Gasteiger partial charge in [-0.05, 0) is 44.5 Å². The third kappa shape index (κ3) is 3.56. The fourth-order valence-electron chi connectivity index (χ4n) is 3.28. The zero-order chi connectivity index (χ0) is 15.6. The largest absolute Gasteiger partial charge is 0.338 e. The van der Waals surface area contributed by atoms with Gasteiger partial charge in [-0.15, -0.1) is 12.4 Å². The normalized spacial score (nSPS) is 17.7. The van der Waals surface area contributed by atoms with Gasteiger partial charge in [-0.25, -0.2) is 4.39 Å². The minimum Gasteiger partial charge on any atom is -0.338 e. The maximum Gasteiger partial charge on any atom is 0.237 e. The van der Waals surface area contributed by atoms with E-state index < -0.39 is 0 Å². The first-order valence-corrected chi connectivity index (χ1v) is 7.90. The highest BCUT2D eigenvalue weighted by Crippen LogP contribution is 2.45. The molecule has 0 radical (unpaired) electrons. The molecule has 0 aliphatic heterocycles. The van der Waals surface area contributed by atoms with E-state index in [9.17, 15) is 4.39 Å². The van der Waals surface area contributed by atoms with Crippen LogP contribution >= 0.6 is 12.4 Å². The lowest BCUT2D eigenvalue weighted by Crippen LogP contribution is -2.25. The molecule has 23 heavy (non-hydrogen) atoms. The minimum absolute atomic E-state index is 0. The molecule has 0 saturated heterocycles. The summed E-state index contributed by atoms with van der Waals surface area (Å²) in [5.41, 5.74) is 0.824. The number of nitrogens with zero attached hydrogens (tertiary/aromatic N) is 2. The third-order valence-corrected chi connectivity index (χ3v) is 4.71. The number of rotatable bonds is 5. The number of halogens is 2. The van der Waals surface area contributed by atoms with Gasteiger partial charge in [0.05, 0.1) is 5.41 Å². The van der Waals surface area contributed by atoms with Crippen LogP contribution in [0.5, 0.6) is 0 Å². The first-order valence-electron chi connectivity index (χ1n) is 7.90. The molecule has 1 atom stereocenters. The second-order valence-corrected chi connectivity index (χ2v) is 6.21. The third-order valence-electron chi connectivity index (χ3n) is 4.71. The molecule has 1 fully saturated rings. The molecule has 0 spiro atoms. The van der Waals surface area contributed by atoms with Crippen LogP contribution in [0.1, 0.15) is 49.9 Å². The maximum absolute atomic E-state index is 13.2. The number of likely N-dealkylation sites (N-methyl/N-ethyl adjacent to an activating group) is 1. The summed E-state index contributed by atoms with van der Waals surface area (Å²) in [6.07, 6.45) is 4.94. The molecule has 1 aliphatic rings. The zero-order valence-electron chi connectivity index (χ0n) is 13.5. The smallest absolute Gasteiger partial charge is 0.237 e. The van der Waals surface area contributed by atoms with E-state index in [1.165, 1.54) is 12.1 Å². The summed E-state index contributed by atoms with van der Waals surface area (Å²) in [4.78, 5) is 4.64. The second-order valence-electron chi connectivity index (χ2n) is 6.21. The lowest BCUT2D eigenvalue weighted by Gasteiger charge is -2.25. The number of benzene rings is 1. The number of nitrogens with one attached hydrogen (secondary N) is 1. The van der Waals surface area contributed by atoms with Crippen LogP contribution in [0.4, 0.5) is 4.39 Å². The Bertz CT molecular complexity index is 623. The van der Waals surface area contributed by atoms with Crippen molar-refractivity contribution in [3.63, 3.8) is 0 Å². The van der Waals surface area contributed by atoms with Crippen LogP contribution in [0.2, 0.25) is 0 Å². The molecule has 1 aromatic heterocycles. The van der Waals surface area contributed by atoms with Crippen LogP contribution in [-0.4, -0.2) is 23.2 Å². The van der Waals surface area contributed by atoms with E-state index in [1.807, 2.05) is 19.2 Å². The van der Waals surface area contributed by atoms with Gasteiger partial charge in [0.25, 0.3) is 0 Å². The van der Waals surface area contributed by atoms with Gasteiger partial charge < -0.3 is 9.84 Å². The SMILES string of the molecule is CNC(C)Cc1noc(C2(c3ccc(F)cc3)CCCC2)n1.Cl. The second kappa shape index (κ2) is 7.41. The Balaban J connectivity index is 0.00000192. The van der Waals surface area contributed by atoms with Gasteiger partial charge in [0, 0.05) is 12.5 Å². The van der Waals surface area contributed by atoms with Crippen molar-refractivity contribution in [2.45, 2.75) is 50.5 Å². The molecule has 6 heteroatoms. The summed E-state index contributed by atoms with van der Waals surface area (Å²) in [7, 11) is 1.92. The Labute approximate surface area is 142 Å². The molecule has 1 N–H and O–H groups in total. The molecule has 4 nitrogen and oxygen atoms in total. The summed E-state index contributed by atoms with van der Waals surface area (Å²) in [5.74, 6) is 1.19. The van der Waals surface area contributed by atoms with Gasteiger partial charge in [-0.3, -0.25) is 0 Å². The lowest BCUT2D eigenvalue weighted by molar-refractivity contribution is 0.308. The van der Waals surface area contributed by atoms with Gasteiger partial charge >= 0.3 is 0 Å². The van der Waals surface area contributed by atoms with E-state index in [-0.39, 0.29) is 23.6 Å². The number of hydrogen-bond acceptors (Lipinski definition) is 4.